The highest BCUT2D eigenvalue weighted by atomic mass is 32.2. The van der Waals surface area contributed by atoms with Crippen LogP contribution in [0.3, 0.4) is 0 Å². The van der Waals surface area contributed by atoms with E-state index in [1.54, 1.807) is 19.1 Å². The van der Waals surface area contributed by atoms with Crippen molar-refractivity contribution in [3.63, 3.8) is 0 Å². The van der Waals surface area contributed by atoms with Crippen LogP contribution in [0, 0.1) is 6.92 Å². The predicted molar refractivity (Wildman–Crippen MR) is 99.9 cm³/mol. The molecule has 1 aliphatic rings. The number of hydrogen-bond acceptors (Lipinski definition) is 4. The number of aryl methyl sites for hydroxylation is 1. The molecule has 2 aromatic carbocycles. The van der Waals surface area contributed by atoms with Crippen LogP contribution < -0.4 is 4.90 Å². The number of para-hydroxylation sites is 1. The smallest absolute Gasteiger partial charge is 0.307 e. The van der Waals surface area contributed by atoms with Gasteiger partial charge < -0.3 is 10.0 Å². The molecule has 0 aromatic heterocycles. The summed E-state index contributed by atoms with van der Waals surface area (Å²) in [5.41, 5.74) is 2.33. The van der Waals surface area contributed by atoms with Gasteiger partial charge in [-0.2, -0.15) is 4.31 Å². The maximum atomic E-state index is 13.0. The number of aliphatic carboxylic acids is 1. The molecule has 1 saturated heterocycles. The zero-order valence-corrected chi connectivity index (χ0v) is 15.4. The van der Waals surface area contributed by atoms with E-state index >= 15 is 0 Å². The van der Waals surface area contributed by atoms with Gasteiger partial charge >= 0.3 is 5.97 Å². The molecule has 138 valence electrons. The summed E-state index contributed by atoms with van der Waals surface area (Å²) in [6.45, 7) is 3.82. The minimum absolute atomic E-state index is 0.168. The van der Waals surface area contributed by atoms with Crippen LogP contribution in [0.2, 0.25) is 0 Å². The molecule has 0 radical (unpaired) electrons. The molecule has 1 aliphatic heterocycles. The molecule has 0 amide bonds. The molecule has 26 heavy (non-hydrogen) atoms. The molecule has 0 saturated carbocycles. The fourth-order valence-corrected chi connectivity index (χ4v) is 4.80. The topological polar surface area (TPSA) is 77.9 Å². The number of sulfonamides is 1. The number of nitrogens with zero attached hydrogens (tertiary/aromatic N) is 2. The molecule has 1 N–H and O–H groups in total. The third-order valence-corrected chi connectivity index (χ3v) is 6.34. The summed E-state index contributed by atoms with van der Waals surface area (Å²) in [7, 11) is -3.63. The highest BCUT2D eigenvalue weighted by Gasteiger charge is 2.29. The van der Waals surface area contributed by atoms with Crippen molar-refractivity contribution in [2.75, 3.05) is 31.1 Å². The number of anilines is 1. The van der Waals surface area contributed by atoms with Gasteiger partial charge in [0.15, 0.2) is 0 Å². The lowest BCUT2D eigenvalue weighted by molar-refractivity contribution is -0.136. The van der Waals surface area contributed by atoms with Crippen LogP contribution >= 0.6 is 0 Å². The van der Waals surface area contributed by atoms with Crippen LogP contribution in [-0.4, -0.2) is 50.0 Å². The van der Waals surface area contributed by atoms with E-state index in [1.165, 1.54) is 10.4 Å². The van der Waals surface area contributed by atoms with Crippen molar-refractivity contribution in [3.8, 4) is 0 Å². The second-order valence-electron chi connectivity index (χ2n) is 6.45. The molecule has 0 spiro atoms. The lowest BCUT2D eigenvalue weighted by Gasteiger charge is -2.35. The lowest BCUT2D eigenvalue weighted by atomic mass is 10.1. The van der Waals surface area contributed by atoms with E-state index in [4.69, 9.17) is 5.11 Å². The van der Waals surface area contributed by atoms with Crippen molar-refractivity contribution in [2.24, 2.45) is 0 Å². The first-order valence-electron chi connectivity index (χ1n) is 8.49. The van der Waals surface area contributed by atoms with E-state index in [0.717, 1.165) is 11.3 Å². The number of rotatable bonds is 5. The largest absolute Gasteiger partial charge is 0.481 e. The van der Waals surface area contributed by atoms with Gasteiger partial charge in [-0.3, -0.25) is 4.79 Å². The number of piperazine rings is 1. The minimum Gasteiger partial charge on any atom is -0.481 e. The van der Waals surface area contributed by atoms with E-state index in [1.807, 2.05) is 30.3 Å². The van der Waals surface area contributed by atoms with Gasteiger partial charge in [-0.1, -0.05) is 24.3 Å². The standard InChI is InChI=1S/C19H22N2O4S/c1-15-11-16(14-19(22)23)13-18(12-15)26(24,25)21-9-7-20(8-10-21)17-5-3-2-4-6-17/h2-6,11-13H,7-10,14H2,1H3,(H,22,23). The van der Waals surface area contributed by atoms with Gasteiger partial charge in [0.05, 0.1) is 11.3 Å². The van der Waals surface area contributed by atoms with Crippen molar-refractivity contribution >= 4 is 21.7 Å². The molecule has 7 heteroatoms. The quantitative estimate of drug-likeness (QED) is 0.867. The zero-order chi connectivity index (χ0) is 18.7. The van der Waals surface area contributed by atoms with Crippen LogP contribution in [0.15, 0.2) is 53.4 Å². The number of carbonyl (C=O) groups is 1. The van der Waals surface area contributed by atoms with Gasteiger partial charge in [0.2, 0.25) is 10.0 Å². The third kappa shape index (κ3) is 4.05. The fraction of sp³-hybridized carbons (Fsp3) is 0.316. The number of carboxylic acid groups (broad SMARTS) is 1. The Kier molecular flexibility index (Phi) is 5.29. The summed E-state index contributed by atoms with van der Waals surface area (Å²) in [6, 6.07) is 14.7. The van der Waals surface area contributed by atoms with Crippen molar-refractivity contribution in [1.82, 2.24) is 4.31 Å². The average Bonchev–Trinajstić information content (AvgIpc) is 2.61. The van der Waals surface area contributed by atoms with Gasteiger partial charge in [0.25, 0.3) is 0 Å². The van der Waals surface area contributed by atoms with Gasteiger partial charge in [-0.15, -0.1) is 0 Å². The van der Waals surface area contributed by atoms with Crippen LogP contribution in [0.4, 0.5) is 5.69 Å². The molecule has 6 nitrogen and oxygen atoms in total. The van der Waals surface area contributed by atoms with Gasteiger partial charge in [0.1, 0.15) is 0 Å². The predicted octanol–water partition coefficient (Wildman–Crippen LogP) is 2.13. The summed E-state index contributed by atoms with van der Waals surface area (Å²) in [6.07, 6.45) is -0.189. The first-order valence-corrected chi connectivity index (χ1v) is 9.93. The summed E-state index contributed by atoms with van der Waals surface area (Å²) < 4.78 is 27.4. The minimum atomic E-state index is -3.63. The molecule has 0 atom stereocenters. The number of carboxylic acids is 1. The van der Waals surface area contributed by atoms with E-state index in [-0.39, 0.29) is 11.3 Å². The van der Waals surface area contributed by atoms with Crippen molar-refractivity contribution in [2.45, 2.75) is 18.2 Å². The number of benzene rings is 2. The maximum Gasteiger partial charge on any atom is 0.307 e. The van der Waals surface area contributed by atoms with E-state index in [9.17, 15) is 13.2 Å². The van der Waals surface area contributed by atoms with Crippen molar-refractivity contribution in [3.05, 3.63) is 59.7 Å². The Morgan fingerprint density at radius 1 is 1.04 bits per heavy atom. The highest BCUT2D eigenvalue weighted by Crippen LogP contribution is 2.23. The van der Waals surface area contributed by atoms with Gasteiger partial charge in [0, 0.05) is 31.9 Å². The molecular formula is C19H22N2O4S. The summed E-state index contributed by atoms with van der Waals surface area (Å²) in [5.74, 6) is -0.976. The molecule has 1 fully saturated rings. The van der Waals surface area contributed by atoms with Crippen LogP contribution in [0.1, 0.15) is 11.1 Å². The molecule has 2 aromatic rings. The van der Waals surface area contributed by atoms with Crippen molar-refractivity contribution < 1.29 is 18.3 Å². The second-order valence-corrected chi connectivity index (χ2v) is 8.39. The Morgan fingerprint density at radius 2 is 1.69 bits per heavy atom. The fourth-order valence-electron chi connectivity index (χ4n) is 3.22. The molecular weight excluding hydrogens is 352 g/mol. The second kappa shape index (κ2) is 7.47. The molecule has 0 aliphatic carbocycles. The SMILES string of the molecule is Cc1cc(CC(=O)O)cc(S(=O)(=O)N2CCN(c3ccccc3)CC2)c1. The van der Waals surface area contributed by atoms with Crippen LogP contribution in [-0.2, 0) is 21.2 Å². The Hall–Kier alpha value is -2.38. The summed E-state index contributed by atoms with van der Waals surface area (Å²) in [5, 5.41) is 8.97. The molecule has 0 unspecified atom stereocenters. The Bertz CT molecular complexity index is 889. The maximum absolute atomic E-state index is 13.0. The summed E-state index contributed by atoms with van der Waals surface area (Å²) >= 11 is 0. The zero-order valence-electron chi connectivity index (χ0n) is 14.6. The average molecular weight is 374 g/mol. The van der Waals surface area contributed by atoms with E-state index in [0.29, 0.717) is 31.7 Å². The first kappa shape index (κ1) is 18.4. The number of hydrogen-bond donors (Lipinski definition) is 1. The van der Waals surface area contributed by atoms with Crippen LogP contribution in [0.25, 0.3) is 0 Å². The van der Waals surface area contributed by atoms with E-state index < -0.39 is 16.0 Å². The lowest BCUT2D eigenvalue weighted by Crippen LogP contribution is -2.48. The first-order chi connectivity index (χ1) is 12.4. The van der Waals surface area contributed by atoms with E-state index in [2.05, 4.69) is 4.90 Å². The van der Waals surface area contributed by atoms with Gasteiger partial charge in [-0.05, 0) is 42.3 Å². The Balaban J connectivity index is 1.77. The Labute approximate surface area is 153 Å². The normalized spacial score (nSPS) is 15.8. The third-order valence-electron chi connectivity index (χ3n) is 4.46. The Morgan fingerprint density at radius 3 is 2.31 bits per heavy atom. The highest BCUT2D eigenvalue weighted by molar-refractivity contribution is 7.89. The van der Waals surface area contributed by atoms with Gasteiger partial charge in [-0.25, -0.2) is 8.42 Å². The molecule has 3 rings (SSSR count). The van der Waals surface area contributed by atoms with Crippen molar-refractivity contribution in [1.29, 1.82) is 0 Å². The molecule has 1 heterocycles. The summed E-state index contributed by atoms with van der Waals surface area (Å²) in [4.78, 5) is 13.3. The molecule has 0 bridgehead atoms. The van der Waals surface area contributed by atoms with Crippen LogP contribution in [0.5, 0.6) is 0 Å². The monoisotopic (exact) mass is 374 g/mol.